The van der Waals surface area contributed by atoms with E-state index in [-0.39, 0.29) is 29.7 Å². The van der Waals surface area contributed by atoms with E-state index in [2.05, 4.69) is 31.9 Å². The van der Waals surface area contributed by atoms with Crippen LogP contribution in [-0.2, 0) is 4.79 Å². The van der Waals surface area contributed by atoms with E-state index in [1.807, 2.05) is 0 Å². The van der Waals surface area contributed by atoms with Gasteiger partial charge in [-0.2, -0.15) is 0 Å². The molecule has 0 atom stereocenters. The lowest BCUT2D eigenvalue weighted by Crippen LogP contribution is -2.41. The third-order valence-electron chi connectivity index (χ3n) is 2.32. The molecule has 0 aliphatic heterocycles. The third-order valence-corrected chi connectivity index (χ3v) is 2.81. The largest absolute Gasteiger partial charge is 0.478 e. The van der Waals surface area contributed by atoms with Crippen molar-refractivity contribution in [2.24, 2.45) is 0 Å². The molecule has 0 radical (unpaired) electrons. The van der Waals surface area contributed by atoms with Crippen molar-refractivity contribution in [1.82, 2.24) is 10.6 Å². The monoisotopic (exact) mass is 357 g/mol. The summed E-state index contributed by atoms with van der Waals surface area (Å²) in [5, 5.41) is 16.4. The number of hydrogen-bond acceptors (Lipinski definition) is 3. The third kappa shape index (κ3) is 5.82. The maximum Gasteiger partial charge on any atom is 0.337 e. The van der Waals surface area contributed by atoms with Gasteiger partial charge in [0.2, 0.25) is 5.91 Å². The summed E-state index contributed by atoms with van der Waals surface area (Å²) in [4.78, 5) is 34.1. The Hall–Kier alpha value is -2.09. The van der Waals surface area contributed by atoms with Crippen molar-refractivity contribution in [2.45, 2.75) is 19.9 Å². The van der Waals surface area contributed by atoms with Crippen molar-refractivity contribution in [3.8, 4) is 0 Å². The molecule has 7 nitrogen and oxygen atoms in total. The molecule has 114 valence electrons. The van der Waals surface area contributed by atoms with E-state index < -0.39 is 12.0 Å². The number of carbonyl (C=O) groups is 3. The molecule has 0 aromatic heterocycles. The molecular weight excluding hydrogens is 342 g/mol. The molecule has 1 aromatic rings. The summed E-state index contributed by atoms with van der Waals surface area (Å²) in [5.74, 6) is -1.49. The first-order valence-electron chi connectivity index (χ1n) is 6.16. The number of nitrogens with one attached hydrogen (secondary N) is 3. The molecule has 0 aliphatic rings. The molecule has 4 N–H and O–H groups in total. The molecule has 0 saturated heterocycles. The fourth-order valence-electron chi connectivity index (χ4n) is 1.50. The first kappa shape index (κ1) is 17.0. The topological polar surface area (TPSA) is 108 Å². The smallest absolute Gasteiger partial charge is 0.337 e. The zero-order valence-electron chi connectivity index (χ0n) is 11.6. The van der Waals surface area contributed by atoms with E-state index in [4.69, 9.17) is 5.11 Å². The summed E-state index contributed by atoms with van der Waals surface area (Å²) in [6.45, 7) is 3.42. The van der Waals surface area contributed by atoms with Crippen molar-refractivity contribution in [3.05, 3.63) is 28.2 Å². The lowest BCUT2D eigenvalue weighted by atomic mass is 10.2. The first-order valence-corrected chi connectivity index (χ1v) is 6.96. The van der Waals surface area contributed by atoms with Crippen LogP contribution in [-0.4, -0.2) is 35.6 Å². The first-order chi connectivity index (χ1) is 9.79. The van der Waals surface area contributed by atoms with Crippen LogP contribution >= 0.6 is 15.9 Å². The molecule has 21 heavy (non-hydrogen) atoms. The normalized spacial score (nSPS) is 10.1. The summed E-state index contributed by atoms with van der Waals surface area (Å²) in [5.41, 5.74) is 0.0959. The number of aromatic carboxylic acids is 1. The second-order valence-corrected chi connectivity index (χ2v) is 5.44. The van der Waals surface area contributed by atoms with Crippen molar-refractivity contribution in [3.63, 3.8) is 0 Å². The van der Waals surface area contributed by atoms with Crippen LogP contribution in [0.4, 0.5) is 10.5 Å². The SMILES string of the molecule is CC(C)NC(=O)CNC(=O)Nc1ccc(Br)cc1C(=O)O. The Bertz CT molecular complexity index is 560. The maximum atomic E-state index is 11.7. The van der Waals surface area contributed by atoms with Gasteiger partial charge in [-0.3, -0.25) is 4.79 Å². The Labute approximate surface area is 130 Å². The van der Waals surface area contributed by atoms with Gasteiger partial charge in [0.25, 0.3) is 0 Å². The Morgan fingerprint density at radius 1 is 1.29 bits per heavy atom. The van der Waals surface area contributed by atoms with Crippen LogP contribution in [0.3, 0.4) is 0 Å². The molecular formula is C13H16BrN3O4. The highest BCUT2D eigenvalue weighted by atomic mass is 79.9. The van der Waals surface area contributed by atoms with Crippen LogP contribution < -0.4 is 16.0 Å². The van der Waals surface area contributed by atoms with Crippen LogP contribution in [0.2, 0.25) is 0 Å². The molecule has 0 saturated carbocycles. The predicted molar refractivity (Wildman–Crippen MR) is 81.4 cm³/mol. The number of anilines is 1. The van der Waals surface area contributed by atoms with E-state index >= 15 is 0 Å². The van der Waals surface area contributed by atoms with Crippen LogP contribution in [0, 0.1) is 0 Å². The van der Waals surface area contributed by atoms with Crippen LogP contribution in [0.15, 0.2) is 22.7 Å². The van der Waals surface area contributed by atoms with Gasteiger partial charge in [0.05, 0.1) is 17.8 Å². The van der Waals surface area contributed by atoms with E-state index in [0.29, 0.717) is 4.47 Å². The summed E-state index contributed by atoms with van der Waals surface area (Å²) >= 11 is 3.16. The quantitative estimate of drug-likeness (QED) is 0.644. The minimum atomic E-state index is -1.16. The second-order valence-electron chi connectivity index (χ2n) is 4.52. The Morgan fingerprint density at radius 3 is 2.52 bits per heavy atom. The van der Waals surface area contributed by atoms with Crippen molar-refractivity contribution < 1.29 is 19.5 Å². The fraction of sp³-hybridized carbons (Fsp3) is 0.308. The van der Waals surface area contributed by atoms with Gasteiger partial charge in [0.15, 0.2) is 0 Å². The van der Waals surface area contributed by atoms with Gasteiger partial charge in [0.1, 0.15) is 0 Å². The molecule has 0 heterocycles. The number of hydrogen-bond donors (Lipinski definition) is 4. The molecule has 0 fully saturated rings. The molecule has 0 spiro atoms. The highest BCUT2D eigenvalue weighted by Gasteiger charge is 2.13. The Balaban J connectivity index is 2.63. The second kappa shape index (κ2) is 7.63. The fourth-order valence-corrected chi connectivity index (χ4v) is 1.86. The summed E-state index contributed by atoms with van der Waals surface area (Å²) in [6.07, 6.45) is 0. The van der Waals surface area contributed by atoms with Gasteiger partial charge in [-0.1, -0.05) is 15.9 Å². The molecule has 3 amide bonds. The van der Waals surface area contributed by atoms with Gasteiger partial charge in [-0.05, 0) is 32.0 Å². The molecule has 0 bridgehead atoms. The van der Waals surface area contributed by atoms with Gasteiger partial charge < -0.3 is 21.1 Å². The van der Waals surface area contributed by atoms with E-state index in [0.717, 1.165) is 0 Å². The number of urea groups is 1. The van der Waals surface area contributed by atoms with E-state index in [1.54, 1.807) is 19.9 Å². The molecule has 1 rings (SSSR count). The lowest BCUT2D eigenvalue weighted by molar-refractivity contribution is -0.120. The van der Waals surface area contributed by atoms with E-state index in [9.17, 15) is 14.4 Å². The number of rotatable bonds is 5. The Morgan fingerprint density at radius 2 is 1.95 bits per heavy atom. The number of benzene rings is 1. The van der Waals surface area contributed by atoms with Crippen molar-refractivity contribution in [2.75, 3.05) is 11.9 Å². The van der Waals surface area contributed by atoms with Gasteiger partial charge in [-0.15, -0.1) is 0 Å². The predicted octanol–water partition coefficient (Wildman–Crippen LogP) is 1.79. The molecule has 0 unspecified atom stereocenters. The zero-order valence-corrected chi connectivity index (χ0v) is 13.2. The van der Waals surface area contributed by atoms with Crippen molar-refractivity contribution in [1.29, 1.82) is 0 Å². The number of carbonyl (C=O) groups excluding carboxylic acids is 2. The summed E-state index contributed by atoms with van der Waals surface area (Å²) in [6, 6.07) is 3.77. The number of halogens is 1. The maximum absolute atomic E-state index is 11.7. The molecule has 0 aliphatic carbocycles. The van der Waals surface area contributed by atoms with Gasteiger partial charge in [-0.25, -0.2) is 9.59 Å². The van der Waals surface area contributed by atoms with Gasteiger partial charge >= 0.3 is 12.0 Å². The minimum Gasteiger partial charge on any atom is -0.478 e. The highest BCUT2D eigenvalue weighted by Crippen LogP contribution is 2.21. The molecule has 8 heteroatoms. The number of amides is 3. The van der Waals surface area contributed by atoms with Crippen LogP contribution in [0.5, 0.6) is 0 Å². The van der Waals surface area contributed by atoms with Crippen LogP contribution in [0.25, 0.3) is 0 Å². The van der Waals surface area contributed by atoms with Gasteiger partial charge in [0, 0.05) is 10.5 Å². The lowest BCUT2D eigenvalue weighted by Gasteiger charge is -2.11. The average Bonchev–Trinajstić information content (AvgIpc) is 2.37. The summed E-state index contributed by atoms with van der Waals surface area (Å²) in [7, 11) is 0. The average molecular weight is 358 g/mol. The number of carboxylic acid groups (broad SMARTS) is 1. The van der Waals surface area contributed by atoms with Crippen molar-refractivity contribution >= 4 is 39.5 Å². The zero-order chi connectivity index (χ0) is 16.0. The standard InChI is InChI=1S/C13H16BrN3O4/c1-7(2)16-11(18)6-15-13(21)17-10-4-3-8(14)5-9(10)12(19)20/h3-5,7H,6H2,1-2H3,(H,16,18)(H,19,20)(H2,15,17,21). The number of carboxylic acids is 1. The summed E-state index contributed by atoms with van der Waals surface area (Å²) < 4.78 is 0.585. The van der Waals surface area contributed by atoms with Crippen LogP contribution in [0.1, 0.15) is 24.2 Å². The minimum absolute atomic E-state index is 0.0209. The molecule has 1 aromatic carbocycles. The highest BCUT2D eigenvalue weighted by molar-refractivity contribution is 9.10. The van der Waals surface area contributed by atoms with E-state index in [1.165, 1.54) is 12.1 Å². The Kier molecular flexibility index (Phi) is 6.16.